The van der Waals surface area contributed by atoms with Crippen LogP contribution in [0.3, 0.4) is 0 Å². The van der Waals surface area contributed by atoms with E-state index in [1.54, 1.807) is 6.07 Å². The van der Waals surface area contributed by atoms with Gasteiger partial charge < -0.3 is 16.0 Å². The number of para-hydroxylation sites is 1. The Kier molecular flexibility index (Phi) is 4.80. The van der Waals surface area contributed by atoms with Gasteiger partial charge >= 0.3 is 0 Å². The molecule has 0 saturated carbocycles. The summed E-state index contributed by atoms with van der Waals surface area (Å²) < 4.78 is 0. The Balaban J connectivity index is 2.14. The molecule has 1 aromatic rings. The van der Waals surface area contributed by atoms with Gasteiger partial charge in [-0.25, -0.2) is 0 Å². The van der Waals surface area contributed by atoms with Gasteiger partial charge in [0.05, 0.1) is 5.56 Å². The van der Waals surface area contributed by atoms with Crippen molar-refractivity contribution in [2.24, 2.45) is 5.73 Å². The Morgan fingerprint density at radius 2 is 2.21 bits per heavy atom. The van der Waals surface area contributed by atoms with Crippen molar-refractivity contribution in [3.8, 4) is 0 Å². The Labute approximate surface area is 115 Å². The summed E-state index contributed by atoms with van der Waals surface area (Å²) in [6.45, 7) is 5.02. The van der Waals surface area contributed by atoms with Gasteiger partial charge in [0.1, 0.15) is 0 Å². The normalized spacial score (nSPS) is 19.1. The van der Waals surface area contributed by atoms with Gasteiger partial charge in [-0.1, -0.05) is 18.6 Å². The Morgan fingerprint density at radius 3 is 2.84 bits per heavy atom. The SMILES string of the molecule is CCN(CC1CCCCN1)c1ccccc1C(N)=O. The van der Waals surface area contributed by atoms with E-state index in [-0.39, 0.29) is 5.91 Å². The molecule has 1 fully saturated rings. The minimum Gasteiger partial charge on any atom is -0.370 e. The topological polar surface area (TPSA) is 58.4 Å². The average Bonchev–Trinajstić information content (AvgIpc) is 2.46. The zero-order chi connectivity index (χ0) is 13.7. The van der Waals surface area contributed by atoms with Crippen LogP contribution in [0.2, 0.25) is 0 Å². The molecule has 1 aliphatic rings. The smallest absolute Gasteiger partial charge is 0.250 e. The lowest BCUT2D eigenvalue weighted by atomic mass is 10.0. The number of hydrogen-bond donors (Lipinski definition) is 2. The molecule has 1 unspecified atom stereocenters. The van der Waals surface area contributed by atoms with Gasteiger partial charge in [-0.15, -0.1) is 0 Å². The van der Waals surface area contributed by atoms with Crippen molar-refractivity contribution in [1.82, 2.24) is 5.32 Å². The fourth-order valence-corrected chi connectivity index (χ4v) is 2.70. The van der Waals surface area contributed by atoms with Crippen LogP contribution in [0.15, 0.2) is 24.3 Å². The third-order valence-electron chi connectivity index (χ3n) is 3.75. The molecule has 0 radical (unpaired) electrons. The van der Waals surface area contributed by atoms with Crippen molar-refractivity contribution in [1.29, 1.82) is 0 Å². The maximum Gasteiger partial charge on any atom is 0.250 e. The average molecular weight is 261 g/mol. The number of rotatable bonds is 5. The van der Waals surface area contributed by atoms with E-state index in [1.807, 2.05) is 18.2 Å². The number of amides is 1. The highest BCUT2D eigenvalue weighted by atomic mass is 16.1. The molecule has 0 aliphatic carbocycles. The second kappa shape index (κ2) is 6.57. The van der Waals surface area contributed by atoms with Crippen LogP contribution in [0.1, 0.15) is 36.5 Å². The van der Waals surface area contributed by atoms with E-state index in [2.05, 4.69) is 17.1 Å². The number of anilines is 1. The van der Waals surface area contributed by atoms with Gasteiger partial charge in [-0.3, -0.25) is 4.79 Å². The standard InChI is InChI=1S/C15H23N3O/c1-2-18(11-12-7-5-6-10-17-12)14-9-4-3-8-13(14)15(16)19/h3-4,8-9,12,17H,2,5-7,10-11H2,1H3,(H2,16,19). The van der Waals surface area contributed by atoms with Crippen molar-refractivity contribution < 1.29 is 4.79 Å². The molecule has 1 aliphatic heterocycles. The lowest BCUT2D eigenvalue weighted by Gasteiger charge is -2.32. The zero-order valence-corrected chi connectivity index (χ0v) is 11.6. The van der Waals surface area contributed by atoms with Crippen molar-refractivity contribution in [3.63, 3.8) is 0 Å². The molecule has 4 heteroatoms. The molecule has 1 amide bonds. The lowest BCUT2D eigenvalue weighted by molar-refractivity contribution is 0.100. The van der Waals surface area contributed by atoms with Gasteiger partial charge in [-0.2, -0.15) is 0 Å². The number of nitrogens with two attached hydrogens (primary N) is 1. The Morgan fingerprint density at radius 1 is 1.42 bits per heavy atom. The first-order chi connectivity index (χ1) is 9.22. The molecule has 1 aromatic carbocycles. The summed E-state index contributed by atoms with van der Waals surface area (Å²) in [7, 11) is 0. The molecule has 0 spiro atoms. The monoisotopic (exact) mass is 261 g/mol. The van der Waals surface area contributed by atoms with E-state index < -0.39 is 0 Å². The second-order valence-electron chi connectivity index (χ2n) is 5.07. The molecule has 0 bridgehead atoms. The molecule has 1 heterocycles. The van der Waals surface area contributed by atoms with Gasteiger partial charge in [-0.05, 0) is 38.4 Å². The molecule has 4 nitrogen and oxygen atoms in total. The lowest BCUT2D eigenvalue weighted by Crippen LogP contribution is -2.44. The maximum atomic E-state index is 11.5. The summed E-state index contributed by atoms with van der Waals surface area (Å²) >= 11 is 0. The highest BCUT2D eigenvalue weighted by Crippen LogP contribution is 2.21. The molecular formula is C15H23N3O. The van der Waals surface area contributed by atoms with E-state index in [0.29, 0.717) is 11.6 Å². The van der Waals surface area contributed by atoms with Crippen molar-refractivity contribution >= 4 is 11.6 Å². The first kappa shape index (κ1) is 13.9. The molecular weight excluding hydrogens is 238 g/mol. The molecule has 1 saturated heterocycles. The maximum absolute atomic E-state index is 11.5. The number of nitrogens with one attached hydrogen (secondary N) is 1. The second-order valence-corrected chi connectivity index (χ2v) is 5.07. The summed E-state index contributed by atoms with van der Waals surface area (Å²) in [5, 5.41) is 3.54. The van der Waals surface area contributed by atoms with E-state index >= 15 is 0 Å². The fourth-order valence-electron chi connectivity index (χ4n) is 2.70. The van der Waals surface area contributed by atoms with Crippen LogP contribution in [0.25, 0.3) is 0 Å². The molecule has 0 aromatic heterocycles. The first-order valence-electron chi connectivity index (χ1n) is 7.09. The first-order valence-corrected chi connectivity index (χ1v) is 7.09. The molecule has 19 heavy (non-hydrogen) atoms. The molecule has 2 rings (SSSR count). The summed E-state index contributed by atoms with van der Waals surface area (Å²) in [5.74, 6) is -0.356. The summed E-state index contributed by atoms with van der Waals surface area (Å²) in [6.07, 6.45) is 3.75. The quantitative estimate of drug-likeness (QED) is 0.849. The van der Waals surface area contributed by atoms with Crippen LogP contribution in [0.5, 0.6) is 0 Å². The highest BCUT2D eigenvalue weighted by Gasteiger charge is 2.18. The minimum absolute atomic E-state index is 0.356. The third-order valence-corrected chi connectivity index (χ3v) is 3.75. The van der Waals surface area contributed by atoms with Crippen LogP contribution in [-0.2, 0) is 0 Å². The fraction of sp³-hybridized carbons (Fsp3) is 0.533. The molecule has 104 valence electrons. The largest absolute Gasteiger partial charge is 0.370 e. The molecule has 1 atom stereocenters. The predicted octanol–water partition coefficient (Wildman–Crippen LogP) is 1.75. The van der Waals surface area contributed by atoms with E-state index in [4.69, 9.17) is 5.73 Å². The third kappa shape index (κ3) is 3.47. The van der Waals surface area contributed by atoms with Crippen LogP contribution >= 0.6 is 0 Å². The summed E-state index contributed by atoms with van der Waals surface area (Å²) in [4.78, 5) is 13.8. The van der Waals surface area contributed by atoms with Gasteiger partial charge in [0.25, 0.3) is 5.91 Å². The van der Waals surface area contributed by atoms with Gasteiger partial charge in [0.2, 0.25) is 0 Å². The van der Waals surface area contributed by atoms with E-state index in [0.717, 1.165) is 25.3 Å². The Bertz CT molecular complexity index is 427. The number of benzene rings is 1. The van der Waals surface area contributed by atoms with Crippen LogP contribution in [-0.4, -0.2) is 31.6 Å². The van der Waals surface area contributed by atoms with Gasteiger partial charge in [0.15, 0.2) is 0 Å². The number of primary amides is 1. The van der Waals surface area contributed by atoms with E-state index in [9.17, 15) is 4.79 Å². The Hall–Kier alpha value is -1.55. The van der Waals surface area contributed by atoms with Crippen molar-refractivity contribution in [3.05, 3.63) is 29.8 Å². The highest BCUT2D eigenvalue weighted by molar-refractivity contribution is 5.98. The van der Waals surface area contributed by atoms with Crippen molar-refractivity contribution in [2.45, 2.75) is 32.2 Å². The number of nitrogens with zero attached hydrogens (tertiary/aromatic N) is 1. The van der Waals surface area contributed by atoms with Crippen molar-refractivity contribution in [2.75, 3.05) is 24.5 Å². The summed E-state index contributed by atoms with van der Waals surface area (Å²) in [6, 6.07) is 8.10. The van der Waals surface area contributed by atoms with Gasteiger partial charge in [0, 0.05) is 24.8 Å². The number of hydrogen-bond acceptors (Lipinski definition) is 3. The van der Waals surface area contributed by atoms with Crippen LogP contribution in [0, 0.1) is 0 Å². The van der Waals surface area contributed by atoms with Crippen LogP contribution in [0.4, 0.5) is 5.69 Å². The van der Waals surface area contributed by atoms with E-state index in [1.165, 1.54) is 19.3 Å². The number of piperidine rings is 1. The summed E-state index contributed by atoms with van der Waals surface area (Å²) in [5.41, 5.74) is 7.02. The number of carbonyl (C=O) groups excluding carboxylic acids is 1. The van der Waals surface area contributed by atoms with Crippen LogP contribution < -0.4 is 16.0 Å². The minimum atomic E-state index is -0.356. The number of carbonyl (C=O) groups is 1. The number of likely N-dealkylation sites (N-methyl/N-ethyl adjacent to an activating group) is 1. The molecule has 3 N–H and O–H groups in total. The zero-order valence-electron chi connectivity index (χ0n) is 11.6. The predicted molar refractivity (Wildman–Crippen MR) is 78.5 cm³/mol.